The van der Waals surface area contributed by atoms with E-state index in [1.54, 1.807) is 0 Å². The first-order valence-electron chi connectivity index (χ1n) is 9.90. The summed E-state index contributed by atoms with van der Waals surface area (Å²) in [6, 6.07) is 10.2. The van der Waals surface area contributed by atoms with Crippen molar-refractivity contribution in [3.8, 4) is 5.69 Å². The molecule has 0 bridgehead atoms. The van der Waals surface area contributed by atoms with E-state index in [1.807, 2.05) is 29.1 Å². The first-order valence-corrected chi connectivity index (χ1v) is 9.90. The number of likely N-dealkylation sites (tertiary alicyclic amines) is 1. The van der Waals surface area contributed by atoms with Crippen molar-refractivity contribution in [3.05, 3.63) is 48.3 Å². The minimum absolute atomic E-state index is 0.604. The molecule has 0 amide bonds. The first kappa shape index (κ1) is 17.1. The monoisotopic (exact) mass is 351 g/mol. The molecule has 0 radical (unpaired) electrons. The largest absolute Gasteiger partial charge is 0.357 e. The zero-order valence-electron chi connectivity index (χ0n) is 15.7. The maximum absolute atomic E-state index is 4.89. The predicted octanol–water partition coefficient (Wildman–Crippen LogP) is 3.26. The molecule has 1 spiro atoms. The Morgan fingerprint density at radius 2 is 2.08 bits per heavy atom. The summed E-state index contributed by atoms with van der Waals surface area (Å²) in [5, 5.41) is 7.96. The lowest BCUT2D eigenvalue weighted by Gasteiger charge is -2.38. The van der Waals surface area contributed by atoms with Gasteiger partial charge in [0.05, 0.1) is 11.9 Å². The highest BCUT2D eigenvalue weighted by atomic mass is 15.3. The van der Waals surface area contributed by atoms with E-state index >= 15 is 0 Å². The normalized spacial score (nSPS) is 19.0. The number of aliphatic imine (C=N–C) groups is 1. The van der Waals surface area contributed by atoms with E-state index in [2.05, 4.69) is 40.6 Å². The molecule has 0 atom stereocenters. The molecule has 1 aliphatic carbocycles. The highest BCUT2D eigenvalue weighted by Gasteiger charge is 2.43. The molecule has 1 N–H and O–H groups in total. The van der Waals surface area contributed by atoms with Crippen LogP contribution in [0.3, 0.4) is 0 Å². The van der Waals surface area contributed by atoms with Crippen LogP contribution in [0.2, 0.25) is 0 Å². The number of hydrogen-bond donors (Lipinski definition) is 1. The minimum Gasteiger partial charge on any atom is -0.357 e. The number of guanidine groups is 1. The molecule has 2 aromatic rings. The number of para-hydroxylation sites is 1. The summed E-state index contributed by atoms with van der Waals surface area (Å²) in [5.41, 5.74) is 2.93. The van der Waals surface area contributed by atoms with Crippen molar-refractivity contribution in [1.29, 1.82) is 0 Å². The molecule has 138 valence electrons. The summed E-state index contributed by atoms with van der Waals surface area (Å²) in [5.74, 6) is 1.09. The van der Waals surface area contributed by atoms with Gasteiger partial charge in [-0.3, -0.25) is 4.99 Å². The number of rotatable bonds is 5. The Labute approximate surface area is 156 Å². The first-order chi connectivity index (χ1) is 12.8. The van der Waals surface area contributed by atoms with Crippen molar-refractivity contribution in [2.75, 3.05) is 26.2 Å². The smallest absolute Gasteiger partial charge is 0.193 e. The fourth-order valence-electron chi connectivity index (χ4n) is 4.13. The van der Waals surface area contributed by atoms with E-state index in [0.717, 1.165) is 37.7 Å². The van der Waals surface area contributed by atoms with Crippen molar-refractivity contribution in [3.63, 3.8) is 0 Å². The molecular formula is C21H29N5. The third-order valence-electron chi connectivity index (χ3n) is 5.81. The summed E-state index contributed by atoms with van der Waals surface area (Å²) in [7, 11) is 0. The zero-order valence-corrected chi connectivity index (χ0v) is 15.7. The van der Waals surface area contributed by atoms with Gasteiger partial charge in [0.2, 0.25) is 0 Å². The molecule has 1 aromatic heterocycles. The van der Waals surface area contributed by atoms with Crippen molar-refractivity contribution >= 4 is 5.96 Å². The van der Waals surface area contributed by atoms with Crippen LogP contribution in [0.5, 0.6) is 0 Å². The van der Waals surface area contributed by atoms with E-state index in [-0.39, 0.29) is 0 Å². The lowest BCUT2D eigenvalue weighted by molar-refractivity contribution is 0.151. The van der Waals surface area contributed by atoms with E-state index in [9.17, 15) is 0 Å². The molecule has 26 heavy (non-hydrogen) atoms. The number of nitrogens with one attached hydrogen (secondary N) is 1. The van der Waals surface area contributed by atoms with Gasteiger partial charge in [-0.1, -0.05) is 24.6 Å². The standard InChI is InChI=1S/C21H29N5/c1-2-22-20(25-14-12-21(17-25)10-6-11-21)23-13-9-18-15-24-26(16-18)19-7-4-3-5-8-19/h3-5,7-8,15-16H,2,6,9-14,17H2,1H3,(H,22,23). The number of aromatic nitrogens is 2. The van der Waals surface area contributed by atoms with E-state index in [4.69, 9.17) is 4.99 Å². The van der Waals surface area contributed by atoms with Crippen molar-refractivity contribution in [2.45, 2.75) is 39.0 Å². The molecular weight excluding hydrogens is 322 g/mol. The lowest BCUT2D eigenvalue weighted by atomic mass is 9.68. The fraction of sp³-hybridized carbons (Fsp3) is 0.524. The van der Waals surface area contributed by atoms with Gasteiger partial charge < -0.3 is 10.2 Å². The van der Waals surface area contributed by atoms with Gasteiger partial charge in [-0.2, -0.15) is 5.10 Å². The van der Waals surface area contributed by atoms with E-state index in [1.165, 1.54) is 37.8 Å². The Hall–Kier alpha value is -2.30. The lowest BCUT2D eigenvalue weighted by Crippen LogP contribution is -2.42. The summed E-state index contributed by atoms with van der Waals surface area (Å²) < 4.78 is 1.94. The average molecular weight is 351 g/mol. The fourth-order valence-corrected chi connectivity index (χ4v) is 4.13. The second-order valence-electron chi connectivity index (χ2n) is 7.64. The molecule has 1 aliphatic heterocycles. The number of hydrogen-bond acceptors (Lipinski definition) is 2. The van der Waals surface area contributed by atoms with Crippen LogP contribution in [0.4, 0.5) is 0 Å². The summed E-state index contributed by atoms with van der Waals surface area (Å²) in [6.07, 6.45) is 10.5. The Bertz CT molecular complexity index is 745. The van der Waals surface area contributed by atoms with Crippen LogP contribution < -0.4 is 5.32 Å². The molecule has 1 aromatic carbocycles. The molecule has 2 fully saturated rings. The molecule has 1 saturated carbocycles. The van der Waals surface area contributed by atoms with Crippen LogP contribution in [0.1, 0.15) is 38.2 Å². The predicted molar refractivity (Wildman–Crippen MR) is 106 cm³/mol. The molecule has 5 heteroatoms. The highest BCUT2D eigenvalue weighted by molar-refractivity contribution is 5.80. The van der Waals surface area contributed by atoms with Crippen LogP contribution in [0.15, 0.2) is 47.7 Å². The van der Waals surface area contributed by atoms with Gasteiger partial charge in [0.1, 0.15) is 0 Å². The number of benzene rings is 1. The Morgan fingerprint density at radius 3 is 2.77 bits per heavy atom. The minimum atomic E-state index is 0.604. The summed E-state index contributed by atoms with van der Waals surface area (Å²) in [6.45, 7) is 6.21. The van der Waals surface area contributed by atoms with Gasteiger partial charge in [0.25, 0.3) is 0 Å². The summed E-state index contributed by atoms with van der Waals surface area (Å²) >= 11 is 0. The molecule has 1 saturated heterocycles. The van der Waals surface area contributed by atoms with Crippen molar-refractivity contribution < 1.29 is 0 Å². The molecule has 5 nitrogen and oxygen atoms in total. The topological polar surface area (TPSA) is 45.5 Å². The quantitative estimate of drug-likeness (QED) is 0.664. The molecule has 0 unspecified atom stereocenters. The van der Waals surface area contributed by atoms with Crippen molar-refractivity contribution in [2.24, 2.45) is 10.4 Å². The molecule has 4 rings (SSSR count). The Morgan fingerprint density at radius 1 is 1.23 bits per heavy atom. The van der Waals surface area contributed by atoms with Gasteiger partial charge in [0.15, 0.2) is 5.96 Å². The van der Waals surface area contributed by atoms with Gasteiger partial charge in [-0.05, 0) is 55.7 Å². The number of nitrogens with zero attached hydrogens (tertiary/aromatic N) is 4. The van der Waals surface area contributed by atoms with Crippen molar-refractivity contribution in [1.82, 2.24) is 20.0 Å². The second kappa shape index (κ2) is 7.52. The molecule has 2 aliphatic rings. The van der Waals surface area contributed by atoms with Crippen LogP contribution >= 0.6 is 0 Å². The maximum Gasteiger partial charge on any atom is 0.193 e. The van der Waals surface area contributed by atoms with Crippen LogP contribution in [-0.4, -0.2) is 46.8 Å². The maximum atomic E-state index is 4.89. The zero-order chi connectivity index (χ0) is 17.8. The third-order valence-corrected chi connectivity index (χ3v) is 5.81. The SMILES string of the molecule is CCNC(=NCCc1cnn(-c2ccccc2)c1)N1CCC2(CCC2)C1. The second-order valence-corrected chi connectivity index (χ2v) is 7.64. The Kier molecular flexibility index (Phi) is 4.96. The van der Waals surface area contributed by atoms with Gasteiger partial charge in [-0.15, -0.1) is 0 Å². The summed E-state index contributed by atoms with van der Waals surface area (Å²) in [4.78, 5) is 7.36. The van der Waals surface area contributed by atoms with Gasteiger partial charge >= 0.3 is 0 Å². The third kappa shape index (κ3) is 3.62. The average Bonchev–Trinajstić information content (AvgIpc) is 3.29. The van der Waals surface area contributed by atoms with Gasteiger partial charge in [0, 0.05) is 32.4 Å². The van der Waals surface area contributed by atoms with E-state index in [0.29, 0.717) is 5.41 Å². The van der Waals surface area contributed by atoms with E-state index < -0.39 is 0 Å². The molecule has 2 heterocycles. The van der Waals surface area contributed by atoms with Crippen LogP contribution in [-0.2, 0) is 6.42 Å². The highest BCUT2D eigenvalue weighted by Crippen LogP contribution is 2.47. The van der Waals surface area contributed by atoms with Crippen LogP contribution in [0.25, 0.3) is 5.69 Å². The van der Waals surface area contributed by atoms with Crippen LogP contribution in [0, 0.1) is 5.41 Å². The Balaban J connectivity index is 1.36. The van der Waals surface area contributed by atoms with Gasteiger partial charge in [-0.25, -0.2) is 4.68 Å².